The summed E-state index contributed by atoms with van der Waals surface area (Å²) in [6, 6.07) is -0.00102. The Balaban J connectivity index is 2.94. The number of ether oxygens (including phenoxy) is 1. The van der Waals surface area contributed by atoms with Crippen LogP contribution in [0.3, 0.4) is 0 Å². The molecule has 0 radical (unpaired) electrons. The van der Waals surface area contributed by atoms with Gasteiger partial charge in [0.2, 0.25) is 5.91 Å². The van der Waals surface area contributed by atoms with Crippen LogP contribution >= 0.6 is 0 Å². The Labute approximate surface area is 127 Å². The lowest BCUT2D eigenvalue weighted by atomic mass is 9.83. The number of likely N-dealkylation sites (tertiary alicyclic amines) is 1. The molecule has 1 N–H and O–H groups in total. The minimum atomic E-state index is -0.482. The molecule has 3 unspecified atom stereocenters. The molecule has 1 heterocycles. The lowest BCUT2D eigenvalue weighted by Crippen LogP contribution is -2.47. The SMILES string of the molecule is COC(=O)CC(C(=O)N1CC(O)CC1C(C)(C)C)C(C)C. The van der Waals surface area contributed by atoms with Crippen molar-refractivity contribution in [3.05, 3.63) is 0 Å². The van der Waals surface area contributed by atoms with Crippen LogP contribution in [0.1, 0.15) is 47.5 Å². The average molecular weight is 299 g/mol. The molecule has 0 bridgehead atoms. The molecule has 1 amide bonds. The van der Waals surface area contributed by atoms with Gasteiger partial charge in [-0.2, -0.15) is 0 Å². The predicted octanol–water partition coefficient (Wildman–Crippen LogP) is 1.83. The third kappa shape index (κ3) is 4.43. The van der Waals surface area contributed by atoms with Crippen molar-refractivity contribution in [3.63, 3.8) is 0 Å². The summed E-state index contributed by atoms with van der Waals surface area (Å²) in [5.41, 5.74) is -0.0973. The maximum atomic E-state index is 12.8. The van der Waals surface area contributed by atoms with E-state index < -0.39 is 12.0 Å². The number of carbonyl (C=O) groups excluding carboxylic acids is 2. The summed E-state index contributed by atoms with van der Waals surface area (Å²) in [4.78, 5) is 26.2. The summed E-state index contributed by atoms with van der Waals surface area (Å²) in [6.07, 6.45) is 0.207. The lowest BCUT2D eigenvalue weighted by molar-refractivity contribution is -0.149. The molecule has 5 nitrogen and oxygen atoms in total. The highest BCUT2D eigenvalue weighted by molar-refractivity contribution is 5.84. The predicted molar refractivity (Wildman–Crippen MR) is 80.5 cm³/mol. The number of carbonyl (C=O) groups is 2. The van der Waals surface area contributed by atoms with Gasteiger partial charge in [0.05, 0.1) is 25.6 Å². The van der Waals surface area contributed by atoms with Gasteiger partial charge in [-0.3, -0.25) is 9.59 Å². The molecule has 0 aliphatic carbocycles. The summed E-state index contributed by atoms with van der Waals surface area (Å²) >= 11 is 0. The van der Waals surface area contributed by atoms with E-state index in [1.807, 2.05) is 13.8 Å². The van der Waals surface area contributed by atoms with E-state index in [4.69, 9.17) is 4.74 Å². The number of aliphatic hydroxyl groups excluding tert-OH is 1. The summed E-state index contributed by atoms with van der Waals surface area (Å²) in [7, 11) is 1.34. The molecule has 0 aromatic rings. The molecule has 0 aromatic heterocycles. The second-order valence-corrected chi connectivity index (χ2v) is 7.39. The van der Waals surface area contributed by atoms with Gasteiger partial charge < -0.3 is 14.7 Å². The van der Waals surface area contributed by atoms with Crippen LogP contribution in [0.4, 0.5) is 0 Å². The maximum absolute atomic E-state index is 12.8. The Kier molecular flexibility index (Phi) is 5.79. The normalized spacial score (nSPS) is 24.3. The van der Waals surface area contributed by atoms with Crippen LogP contribution in [0, 0.1) is 17.3 Å². The van der Waals surface area contributed by atoms with E-state index in [2.05, 4.69) is 20.8 Å². The van der Waals surface area contributed by atoms with Crippen molar-refractivity contribution < 1.29 is 19.4 Å². The van der Waals surface area contributed by atoms with Crippen LogP contribution in [-0.4, -0.2) is 47.7 Å². The molecule has 21 heavy (non-hydrogen) atoms. The maximum Gasteiger partial charge on any atom is 0.306 e. The molecular formula is C16H29NO4. The lowest BCUT2D eigenvalue weighted by Gasteiger charge is -2.37. The number of aliphatic hydroxyl groups is 1. The van der Waals surface area contributed by atoms with E-state index >= 15 is 0 Å². The van der Waals surface area contributed by atoms with E-state index in [1.54, 1.807) is 4.90 Å². The third-order valence-corrected chi connectivity index (χ3v) is 4.30. The van der Waals surface area contributed by atoms with Crippen molar-refractivity contribution in [2.75, 3.05) is 13.7 Å². The van der Waals surface area contributed by atoms with Crippen molar-refractivity contribution in [2.45, 2.75) is 59.6 Å². The Morgan fingerprint density at radius 2 is 1.90 bits per heavy atom. The van der Waals surface area contributed by atoms with Gasteiger partial charge in [0.25, 0.3) is 0 Å². The molecule has 1 saturated heterocycles. The molecule has 122 valence electrons. The Morgan fingerprint density at radius 1 is 1.33 bits per heavy atom. The van der Waals surface area contributed by atoms with Crippen LogP contribution in [0.2, 0.25) is 0 Å². The first-order valence-electron chi connectivity index (χ1n) is 7.63. The van der Waals surface area contributed by atoms with Crippen molar-refractivity contribution in [1.82, 2.24) is 4.90 Å². The van der Waals surface area contributed by atoms with E-state index in [-0.39, 0.29) is 35.7 Å². The van der Waals surface area contributed by atoms with E-state index in [1.165, 1.54) is 7.11 Å². The second-order valence-electron chi connectivity index (χ2n) is 7.39. The van der Waals surface area contributed by atoms with Crippen LogP contribution in [0.25, 0.3) is 0 Å². The summed E-state index contributed by atoms with van der Waals surface area (Å²) in [5, 5.41) is 9.95. The highest BCUT2D eigenvalue weighted by Gasteiger charge is 2.43. The Morgan fingerprint density at radius 3 is 2.33 bits per heavy atom. The fourth-order valence-corrected chi connectivity index (χ4v) is 2.96. The van der Waals surface area contributed by atoms with Gasteiger partial charge in [0.1, 0.15) is 0 Å². The van der Waals surface area contributed by atoms with Crippen LogP contribution < -0.4 is 0 Å². The molecule has 3 atom stereocenters. The van der Waals surface area contributed by atoms with Crippen LogP contribution in [0.15, 0.2) is 0 Å². The number of β-amino-alcohol motifs (C(OH)–C–C–N with tert-alkyl or cyclic N) is 1. The second kappa shape index (κ2) is 6.77. The van der Waals surface area contributed by atoms with Gasteiger partial charge in [0, 0.05) is 12.6 Å². The standard InChI is InChI=1S/C16H29NO4/c1-10(2)12(8-14(19)21-6)15(20)17-9-11(18)7-13(17)16(3,4)5/h10-13,18H,7-9H2,1-6H3. The van der Waals surface area contributed by atoms with Gasteiger partial charge in [-0.25, -0.2) is 0 Å². The van der Waals surface area contributed by atoms with Gasteiger partial charge in [-0.1, -0.05) is 34.6 Å². The van der Waals surface area contributed by atoms with Crippen LogP contribution in [0.5, 0.6) is 0 Å². The topological polar surface area (TPSA) is 66.8 Å². The zero-order valence-corrected chi connectivity index (χ0v) is 14.0. The zero-order valence-electron chi connectivity index (χ0n) is 14.0. The minimum Gasteiger partial charge on any atom is -0.469 e. The number of esters is 1. The van der Waals surface area contributed by atoms with E-state index in [0.29, 0.717) is 13.0 Å². The number of rotatable bonds is 4. The molecule has 5 heteroatoms. The molecule has 0 saturated carbocycles. The molecule has 1 fully saturated rings. The van der Waals surface area contributed by atoms with Gasteiger partial charge in [-0.05, 0) is 17.8 Å². The molecule has 0 spiro atoms. The fourth-order valence-electron chi connectivity index (χ4n) is 2.96. The van der Waals surface area contributed by atoms with Gasteiger partial charge >= 0.3 is 5.97 Å². The molecule has 0 aromatic carbocycles. The molecular weight excluding hydrogens is 270 g/mol. The highest BCUT2D eigenvalue weighted by atomic mass is 16.5. The first-order valence-corrected chi connectivity index (χ1v) is 7.63. The van der Waals surface area contributed by atoms with Crippen molar-refractivity contribution in [1.29, 1.82) is 0 Å². The Bertz CT molecular complexity index is 386. The molecule has 1 aliphatic rings. The molecule has 1 aliphatic heterocycles. The van der Waals surface area contributed by atoms with Gasteiger partial charge in [-0.15, -0.1) is 0 Å². The quantitative estimate of drug-likeness (QED) is 0.804. The number of hydrogen-bond acceptors (Lipinski definition) is 4. The monoisotopic (exact) mass is 299 g/mol. The molecule has 1 rings (SSSR count). The van der Waals surface area contributed by atoms with E-state index in [9.17, 15) is 14.7 Å². The van der Waals surface area contributed by atoms with E-state index in [0.717, 1.165) is 0 Å². The van der Waals surface area contributed by atoms with Crippen LogP contribution in [-0.2, 0) is 14.3 Å². The first kappa shape index (κ1) is 18.0. The number of methoxy groups -OCH3 is 1. The fraction of sp³-hybridized carbons (Fsp3) is 0.875. The van der Waals surface area contributed by atoms with Crippen molar-refractivity contribution in [2.24, 2.45) is 17.3 Å². The third-order valence-electron chi connectivity index (χ3n) is 4.30. The zero-order chi connectivity index (χ0) is 16.4. The largest absolute Gasteiger partial charge is 0.469 e. The van der Waals surface area contributed by atoms with Crippen molar-refractivity contribution in [3.8, 4) is 0 Å². The van der Waals surface area contributed by atoms with Crippen molar-refractivity contribution >= 4 is 11.9 Å². The number of nitrogens with zero attached hydrogens (tertiary/aromatic N) is 1. The summed E-state index contributed by atoms with van der Waals surface area (Å²) in [5.74, 6) is -0.761. The number of amides is 1. The minimum absolute atomic E-state index is 0.00102. The average Bonchev–Trinajstić information content (AvgIpc) is 2.76. The first-order chi connectivity index (χ1) is 9.57. The number of hydrogen-bond donors (Lipinski definition) is 1. The smallest absolute Gasteiger partial charge is 0.306 e. The highest BCUT2D eigenvalue weighted by Crippen LogP contribution is 2.35. The van der Waals surface area contributed by atoms with Gasteiger partial charge in [0.15, 0.2) is 0 Å². The summed E-state index contributed by atoms with van der Waals surface area (Å²) in [6.45, 7) is 10.4. The Hall–Kier alpha value is -1.10. The summed E-state index contributed by atoms with van der Waals surface area (Å²) < 4.78 is 4.70.